The first-order valence-corrected chi connectivity index (χ1v) is 16.1. The first-order chi connectivity index (χ1) is 20.9. The van der Waals surface area contributed by atoms with Crippen molar-refractivity contribution in [1.29, 1.82) is 0 Å². The lowest BCUT2D eigenvalue weighted by Crippen LogP contribution is -2.41. The SMILES string of the molecule is COc1cc(OC)cc(-c2cc(CCCNC(=O)Cc3ccccc3)c(C=C3SC(=S)N(C4CC5CCC4C5)C3=O)o2)c1. The van der Waals surface area contributed by atoms with Gasteiger partial charge in [-0.25, -0.2) is 0 Å². The van der Waals surface area contributed by atoms with Gasteiger partial charge in [-0.3, -0.25) is 14.5 Å². The zero-order valence-electron chi connectivity index (χ0n) is 24.5. The number of benzene rings is 2. The standard InChI is InChI=1S/C34H36N2O5S2/c1-39-26-16-25(17-27(19-26)40-2)29-18-24(9-6-12-35-32(37)15-21-7-4-3-5-8-21)30(41-29)20-31-33(38)36(34(42)43-31)28-14-22-10-11-23(28)13-22/h3-5,7-8,16-20,22-23,28H,6,9-15H2,1-2H3,(H,35,37). The number of fused-ring (bicyclic) bond motifs is 2. The van der Waals surface area contributed by atoms with E-state index in [4.69, 9.17) is 26.1 Å². The van der Waals surface area contributed by atoms with Crippen molar-refractivity contribution < 1.29 is 23.5 Å². The maximum Gasteiger partial charge on any atom is 0.266 e. The molecule has 224 valence electrons. The maximum absolute atomic E-state index is 13.7. The molecule has 1 aliphatic heterocycles. The molecular formula is C34H36N2O5S2. The summed E-state index contributed by atoms with van der Waals surface area (Å²) >= 11 is 7.08. The van der Waals surface area contributed by atoms with Gasteiger partial charge in [0, 0.05) is 30.3 Å². The monoisotopic (exact) mass is 616 g/mol. The van der Waals surface area contributed by atoms with E-state index in [9.17, 15) is 9.59 Å². The van der Waals surface area contributed by atoms with E-state index in [0.29, 0.717) is 64.0 Å². The lowest BCUT2D eigenvalue weighted by molar-refractivity contribution is -0.124. The van der Waals surface area contributed by atoms with Crippen molar-refractivity contribution in [3.05, 3.63) is 76.4 Å². The van der Waals surface area contributed by atoms with Gasteiger partial charge in [0.2, 0.25) is 5.91 Å². The van der Waals surface area contributed by atoms with Crippen LogP contribution in [0.2, 0.25) is 0 Å². The summed E-state index contributed by atoms with van der Waals surface area (Å²) < 4.78 is 18.0. The van der Waals surface area contributed by atoms with Gasteiger partial charge in [0.25, 0.3) is 5.91 Å². The number of nitrogens with one attached hydrogen (secondary N) is 1. The Kier molecular flexibility index (Phi) is 8.90. The summed E-state index contributed by atoms with van der Waals surface area (Å²) in [4.78, 5) is 28.6. The van der Waals surface area contributed by atoms with Crippen LogP contribution in [-0.2, 0) is 22.4 Å². The Morgan fingerprint density at radius 2 is 1.86 bits per heavy atom. The molecule has 1 N–H and O–H groups in total. The Balaban J connectivity index is 1.21. The Morgan fingerprint density at radius 3 is 2.53 bits per heavy atom. The van der Waals surface area contributed by atoms with Crippen LogP contribution < -0.4 is 14.8 Å². The second kappa shape index (κ2) is 13.0. The molecule has 3 unspecified atom stereocenters. The molecule has 3 atom stereocenters. The molecule has 0 spiro atoms. The molecule has 0 radical (unpaired) electrons. The van der Waals surface area contributed by atoms with Crippen molar-refractivity contribution in [3.8, 4) is 22.8 Å². The topological polar surface area (TPSA) is 81.0 Å². The van der Waals surface area contributed by atoms with Crippen molar-refractivity contribution in [2.75, 3.05) is 20.8 Å². The molecule has 2 aliphatic carbocycles. The van der Waals surface area contributed by atoms with Gasteiger partial charge in [-0.05, 0) is 73.3 Å². The van der Waals surface area contributed by atoms with Crippen LogP contribution in [0.25, 0.3) is 17.4 Å². The van der Waals surface area contributed by atoms with Crippen LogP contribution in [0.3, 0.4) is 0 Å². The average Bonchev–Trinajstić information content (AvgIpc) is 3.80. The van der Waals surface area contributed by atoms with E-state index in [1.807, 2.05) is 65.6 Å². The molecule has 2 aromatic carbocycles. The number of carbonyl (C=O) groups is 2. The largest absolute Gasteiger partial charge is 0.497 e. The number of aryl methyl sites for hydroxylation is 1. The molecule has 43 heavy (non-hydrogen) atoms. The molecule has 2 amide bonds. The molecule has 7 nitrogen and oxygen atoms in total. The van der Waals surface area contributed by atoms with Crippen LogP contribution in [0.4, 0.5) is 0 Å². The molecule has 6 rings (SSSR count). The van der Waals surface area contributed by atoms with Crippen LogP contribution in [-0.4, -0.2) is 47.8 Å². The van der Waals surface area contributed by atoms with Gasteiger partial charge < -0.3 is 19.2 Å². The zero-order valence-corrected chi connectivity index (χ0v) is 26.1. The fraction of sp³-hybridized carbons (Fsp3) is 0.382. The number of rotatable bonds is 11. The highest BCUT2D eigenvalue weighted by Crippen LogP contribution is 2.49. The summed E-state index contributed by atoms with van der Waals surface area (Å²) in [5, 5.41) is 3.03. The number of hydrogen-bond donors (Lipinski definition) is 1. The number of amides is 2. The third kappa shape index (κ3) is 6.53. The molecule has 2 saturated carbocycles. The molecule has 3 aromatic rings. The summed E-state index contributed by atoms with van der Waals surface area (Å²) in [6.45, 7) is 0.533. The van der Waals surface area contributed by atoms with E-state index in [-0.39, 0.29) is 17.9 Å². The third-order valence-electron chi connectivity index (χ3n) is 8.75. The second-order valence-electron chi connectivity index (χ2n) is 11.5. The highest BCUT2D eigenvalue weighted by Gasteiger charge is 2.48. The number of methoxy groups -OCH3 is 2. The highest BCUT2D eigenvalue weighted by atomic mass is 32.2. The Bertz CT molecular complexity index is 1530. The number of thiocarbonyl (C=S) groups is 1. The lowest BCUT2D eigenvalue weighted by Gasteiger charge is -2.30. The number of ether oxygens (including phenoxy) is 2. The van der Waals surface area contributed by atoms with E-state index < -0.39 is 0 Å². The number of carbonyl (C=O) groups excluding carboxylic acids is 2. The van der Waals surface area contributed by atoms with E-state index >= 15 is 0 Å². The zero-order chi connectivity index (χ0) is 29.9. The fourth-order valence-corrected chi connectivity index (χ4v) is 7.96. The van der Waals surface area contributed by atoms with Crippen molar-refractivity contribution in [1.82, 2.24) is 10.2 Å². The normalized spacial score (nSPS) is 22.0. The molecule has 2 heterocycles. The lowest BCUT2D eigenvalue weighted by atomic mass is 9.94. The Labute approximate surface area is 262 Å². The quantitative estimate of drug-likeness (QED) is 0.147. The van der Waals surface area contributed by atoms with Gasteiger partial charge in [0.05, 0.1) is 25.5 Å². The van der Waals surface area contributed by atoms with Crippen molar-refractivity contribution in [3.63, 3.8) is 0 Å². The second-order valence-corrected chi connectivity index (χ2v) is 13.2. The summed E-state index contributed by atoms with van der Waals surface area (Å²) in [6.07, 6.45) is 8.28. The molecule has 2 bridgehead atoms. The van der Waals surface area contributed by atoms with Gasteiger partial charge >= 0.3 is 0 Å². The van der Waals surface area contributed by atoms with Crippen molar-refractivity contribution in [2.24, 2.45) is 11.8 Å². The van der Waals surface area contributed by atoms with E-state index in [1.165, 1.54) is 31.0 Å². The molecular weight excluding hydrogens is 581 g/mol. The first-order valence-electron chi connectivity index (χ1n) is 14.9. The predicted octanol–water partition coefficient (Wildman–Crippen LogP) is 6.65. The van der Waals surface area contributed by atoms with Crippen molar-refractivity contribution in [2.45, 2.75) is 51.0 Å². The fourth-order valence-electron chi connectivity index (χ4n) is 6.61. The maximum atomic E-state index is 13.7. The summed E-state index contributed by atoms with van der Waals surface area (Å²) in [7, 11) is 3.23. The molecule has 9 heteroatoms. The minimum atomic E-state index is -0.0207. The summed E-state index contributed by atoms with van der Waals surface area (Å²) in [6, 6.07) is 17.5. The predicted molar refractivity (Wildman–Crippen MR) is 173 cm³/mol. The number of furan rings is 1. The Hall–Kier alpha value is -3.56. The molecule has 3 fully saturated rings. The number of nitrogens with zero attached hydrogens (tertiary/aromatic N) is 1. The van der Waals surface area contributed by atoms with Gasteiger partial charge in [0.15, 0.2) is 0 Å². The number of thioether (sulfide) groups is 1. The van der Waals surface area contributed by atoms with Crippen molar-refractivity contribution >= 4 is 46.2 Å². The van der Waals surface area contributed by atoms with Gasteiger partial charge in [-0.15, -0.1) is 0 Å². The van der Waals surface area contributed by atoms with Gasteiger partial charge in [-0.2, -0.15) is 0 Å². The first kappa shape index (κ1) is 29.5. The number of hydrogen-bond acceptors (Lipinski definition) is 7. The summed E-state index contributed by atoms with van der Waals surface area (Å²) in [5.41, 5.74) is 2.75. The van der Waals surface area contributed by atoms with Crippen LogP contribution in [0, 0.1) is 11.8 Å². The van der Waals surface area contributed by atoms with E-state index in [0.717, 1.165) is 29.0 Å². The smallest absolute Gasteiger partial charge is 0.266 e. The minimum Gasteiger partial charge on any atom is -0.497 e. The average molecular weight is 617 g/mol. The summed E-state index contributed by atoms with van der Waals surface area (Å²) in [5.74, 6) is 3.83. The minimum absolute atomic E-state index is 0.00734. The highest BCUT2D eigenvalue weighted by molar-refractivity contribution is 8.26. The van der Waals surface area contributed by atoms with Crippen LogP contribution in [0.15, 0.2) is 63.9 Å². The molecule has 1 aromatic heterocycles. The van der Waals surface area contributed by atoms with Gasteiger partial charge in [0.1, 0.15) is 27.3 Å². The van der Waals surface area contributed by atoms with Crippen LogP contribution in [0.5, 0.6) is 11.5 Å². The third-order valence-corrected chi connectivity index (χ3v) is 10.1. The Morgan fingerprint density at radius 1 is 1.09 bits per heavy atom. The van der Waals surface area contributed by atoms with Crippen LogP contribution in [0.1, 0.15) is 49.0 Å². The van der Waals surface area contributed by atoms with E-state index in [1.54, 1.807) is 14.2 Å². The van der Waals surface area contributed by atoms with E-state index in [2.05, 4.69) is 5.32 Å². The molecule has 1 saturated heterocycles. The van der Waals surface area contributed by atoms with Crippen LogP contribution >= 0.6 is 24.0 Å². The molecule has 3 aliphatic rings. The van der Waals surface area contributed by atoms with Gasteiger partial charge in [-0.1, -0.05) is 60.7 Å².